The molecule has 0 radical (unpaired) electrons. The van der Waals surface area contributed by atoms with Crippen molar-refractivity contribution in [3.05, 3.63) is 54.1 Å². The summed E-state index contributed by atoms with van der Waals surface area (Å²) in [5.74, 6) is 1.37. The third kappa shape index (κ3) is 2.76. The number of methoxy groups -OCH3 is 1. The number of nitrogens with one attached hydrogen (secondary N) is 1. The summed E-state index contributed by atoms with van der Waals surface area (Å²) in [5.41, 5.74) is 3.96. The number of anilines is 1. The summed E-state index contributed by atoms with van der Waals surface area (Å²) in [4.78, 5) is 4.69. The molecule has 0 saturated carbocycles. The van der Waals surface area contributed by atoms with Gasteiger partial charge in [-0.25, -0.2) is 0 Å². The number of aryl methyl sites for hydroxylation is 1. The predicted octanol–water partition coefficient (Wildman–Crippen LogP) is 3.62. The van der Waals surface area contributed by atoms with Crippen molar-refractivity contribution >= 4 is 28.0 Å². The topological polar surface area (TPSA) is 64.9 Å². The van der Waals surface area contributed by atoms with E-state index in [1.807, 2.05) is 36.4 Å². The molecule has 2 aromatic heterocycles. The van der Waals surface area contributed by atoms with Crippen molar-refractivity contribution in [1.82, 2.24) is 19.7 Å². The first-order valence-corrected chi connectivity index (χ1v) is 8.28. The van der Waals surface area contributed by atoms with Crippen LogP contribution in [0.15, 0.2) is 48.5 Å². The molecule has 0 unspecified atom stereocenters. The normalized spacial score (nSPS) is 11.1. The molecule has 6 nitrogen and oxygen atoms in total. The SMILES string of the molecule is CCn1c2ccccc2c2nnc(NCc3ccc(OC)cc3)nc21. The summed E-state index contributed by atoms with van der Waals surface area (Å²) in [6.45, 7) is 3.57. The van der Waals surface area contributed by atoms with Gasteiger partial charge in [0.2, 0.25) is 5.95 Å². The summed E-state index contributed by atoms with van der Waals surface area (Å²) in [5, 5.41) is 13.0. The number of hydrogen-bond donors (Lipinski definition) is 1. The zero-order valence-electron chi connectivity index (χ0n) is 14.2. The minimum atomic E-state index is 0.529. The Morgan fingerprint density at radius 1 is 1.04 bits per heavy atom. The molecule has 25 heavy (non-hydrogen) atoms. The molecule has 0 saturated heterocycles. The van der Waals surface area contributed by atoms with Crippen molar-refractivity contribution < 1.29 is 4.74 Å². The maximum atomic E-state index is 5.18. The first kappa shape index (κ1) is 15.4. The molecule has 0 spiro atoms. The van der Waals surface area contributed by atoms with Crippen molar-refractivity contribution in [3.8, 4) is 5.75 Å². The number of benzene rings is 2. The van der Waals surface area contributed by atoms with E-state index >= 15 is 0 Å². The second kappa shape index (κ2) is 6.39. The highest BCUT2D eigenvalue weighted by atomic mass is 16.5. The molecular formula is C19H19N5O. The average Bonchev–Trinajstić information content (AvgIpc) is 2.99. The zero-order valence-corrected chi connectivity index (χ0v) is 14.2. The van der Waals surface area contributed by atoms with E-state index in [9.17, 15) is 0 Å². The number of ether oxygens (including phenoxy) is 1. The predicted molar refractivity (Wildman–Crippen MR) is 98.8 cm³/mol. The highest BCUT2D eigenvalue weighted by molar-refractivity contribution is 6.04. The molecule has 1 N–H and O–H groups in total. The zero-order chi connectivity index (χ0) is 17.2. The molecule has 2 heterocycles. The Hall–Kier alpha value is -3.15. The van der Waals surface area contributed by atoms with Crippen LogP contribution in [0.3, 0.4) is 0 Å². The highest BCUT2D eigenvalue weighted by Gasteiger charge is 2.13. The largest absolute Gasteiger partial charge is 0.497 e. The fraction of sp³-hybridized carbons (Fsp3) is 0.211. The Labute approximate surface area is 145 Å². The molecule has 126 valence electrons. The van der Waals surface area contributed by atoms with Gasteiger partial charge < -0.3 is 14.6 Å². The third-order valence-electron chi connectivity index (χ3n) is 4.30. The smallest absolute Gasteiger partial charge is 0.245 e. The van der Waals surface area contributed by atoms with Crippen molar-refractivity contribution in [2.24, 2.45) is 0 Å². The summed E-state index contributed by atoms with van der Waals surface area (Å²) < 4.78 is 7.34. The fourth-order valence-electron chi connectivity index (χ4n) is 3.02. The lowest BCUT2D eigenvalue weighted by molar-refractivity contribution is 0.414. The number of para-hydroxylation sites is 1. The van der Waals surface area contributed by atoms with Gasteiger partial charge in [-0.1, -0.05) is 30.3 Å². The van der Waals surface area contributed by atoms with E-state index in [4.69, 9.17) is 4.74 Å². The monoisotopic (exact) mass is 333 g/mol. The Kier molecular flexibility index (Phi) is 3.93. The van der Waals surface area contributed by atoms with Crippen LogP contribution in [-0.4, -0.2) is 26.9 Å². The molecule has 0 aliphatic heterocycles. The van der Waals surface area contributed by atoms with Gasteiger partial charge in [0.1, 0.15) is 11.3 Å². The quantitative estimate of drug-likeness (QED) is 0.604. The molecule has 4 aromatic rings. The van der Waals surface area contributed by atoms with E-state index in [0.29, 0.717) is 12.5 Å². The van der Waals surface area contributed by atoms with Crippen LogP contribution in [0.4, 0.5) is 5.95 Å². The van der Waals surface area contributed by atoms with E-state index in [0.717, 1.165) is 39.9 Å². The van der Waals surface area contributed by atoms with Crippen molar-refractivity contribution in [1.29, 1.82) is 0 Å². The van der Waals surface area contributed by atoms with Gasteiger partial charge in [0.05, 0.1) is 12.6 Å². The van der Waals surface area contributed by atoms with E-state index in [1.165, 1.54) is 0 Å². The molecule has 0 atom stereocenters. The lowest BCUT2D eigenvalue weighted by Crippen LogP contribution is -2.06. The summed E-state index contributed by atoms with van der Waals surface area (Å²) in [6, 6.07) is 16.1. The van der Waals surface area contributed by atoms with Crippen molar-refractivity contribution in [2.45, 2.75) is 20.0 Å². The lowest BCUT2D eigenvalue weighted by Gasteiger charge is -2.06. The maximum Gasteiger partial charge on any atom is 0.245 e. The summed E-state index contributed by atoms with van der Waals surface area (Å²) in [6.07, 6.45) is 0. The third-order valence-corrected chi connectivity index (χ3v) is 4.30. The molecule has 0 amide bonds. The van der Waals surface area contributed by atoms with Crippen molar-refractivity contribution in [2.75, 3.05) is 12.4 Å². The Morgan fingerprint density at radius 2 is 1.84 bits per heavy atom. The number of nitrogens with zero attached hydrogens (tertiary/aromatic N) is 4. The highest BCUT2D eigenvalue weighted by Crippen LogP contribution is 2.26. The Bertz CT molecular complexity index is 1020. The standard InChI is InChI=1S/C19H19N5O/c1-3-24-16-7-5-4-6-15(16)17-18(24)21-19(23-22-17)20-12-13-8-10-14(25-2)11-9-13/h4-11H,3,12H2,1-2H3,(H,20,21,23). The van der Waals surface area contributed by atoms with E-state index < -0.39 is 0 Å². The molecule has 0 aliphatic rings. The Balaban J connectivity index is 1.65. The van der Waals surface area contributed by atoms with Gasteiger partial charge >= 0.3 is 0 Å². The second-order valence-corrected chi connectivity index (χ2v) is 5.77. The number of hydrogen-bond acceptors (Lipinski definition) is 5. The molecule has 0 fully saturated rings. The number of fused-ring (bicyclic) bond motifs is 3. The minimum Gasteiger partial charge on any atom is -0.497 e. The van der Waals surface area contributed by atoms with Crippen LogP contribution >= 0.6 is 0 Å². The number of rotatable bonds is 5. The Morgan fingerprint density at radius 3 is 2.60 bits per heavy atom. The average molecular weight is 333 g/mol. The molecule has 4 rings (SSSR count). The summed E-state index contributed by atoms with van der Waals surface area (Å²) >= 11 is 0. The van der Waals surface area contributed by atoms with Crippen LogP contribution in [0.1, 0.15) is 12.5 Å². The minimum absolute atomic E-state index is 0.529. The molecule has 6 heteroatoms. The van der Waals surface area contributed by atoms with Crippen LogP contribution in [0, 0.1) is 0 Å². The molecular weight excluding hydrogens is 314 g/mol. The lowest BCUT2D eigenvalue weighted by atomic mass is 10.2. The first-order valence-electron chi connectivity index (χ1n) is 8.28. The van der Waals surface area contributed by atoms with Gasteiger partial charge in [0.15, 0.2) is 5.65 Å². The van der Waals surface area contributed by atoms with E-state index in [-0.39, 0.29) is 0 Å². The molecule has 2 aromatic carbocycles. The van der Waals surface area contributed by atoms with Gasteiger partial charge in [-0.05, 0) is 30.7 Å². The van der Waals surface area contributed by atoms with E-state index in [1.54, 1.807) is 7.11 Å². The van der Waals surface area contributed by atoms with Gasteiger partial charge in [0.25, 0.3) is 0 Å². The van der Waals surface area contributed by atoms with Crippen LogP contribution in [0.2, 0.25) is 0 Å². The van der Waals surface area contributed by atoms with E-state index in [2.05, 4.69) is 44.1 Å². The van der Waals surface area contributed by atoms with Crippen molar-refractivity contribution in [3.63, 3.8) is 0 Å². The molecule has 0 aliphatic carbocycles. The van der Waals surface area contributed by atoms with Gasteiger partial charge in [-0.15, -0.1) is 10.2 Å². The van der Waals surface area contributed by atoms with Gasteiger partial charge in [0, 0.05) is 18.5 Å². The molecule has 0 bridgehead atoms. The van der Waals surface area contributed by atoms with Gasteiger partial charge in [-0.2, -0.15) is 4.98 Å². The van der Waals surface area contributed by atoms with Crippen LogP contribution in [-0.2, 0) is 13.1 Å². The van der Waals surface area contributed by atoms with Crippen LogP contribution < -0.4 is 10.1 Å². The fourth-order valence-corrected chi connectivity index (χ4v) is 3.02. The van der Waals surface area contributed by atoms with Crippen LogP contribution in [0.25, 0.3) is 22.1 Å². The summed E-state index contributed by atoms with van der Waals surface area (Å²) in [7, 11) is 1.66. The second-order valence-electron chi connectivity index (χ2n) is 5.77. The number of aromatic nitrogens is 4. The first-order chi connectivity index (χ1) is 12.3. The maximum absolute atomic E-state index is 5.18. The van der Waals surface area contributed by atoms with Crippen LogP contribution in [0.5, 0.6) is 5.75 Å². The van der Waals surface area contributed by atoms with Gasteiger partial charge in [-0.3, -0.25) is 0 Å².